The summed E-state index contributed by atoms with van der Waals surface area (Å²) in [5.41, 5.74) is 6.43. The average molecular weight is 530 g/mol. The average Bonchev–Trinajstić information content (AvgIpc) is 2.81. The van der Waals surface area contributed by atoms with Gasteiger partial charge in [0, 0.05) is 22.3 Å². The van der Waals surface area contributed by atoms with Crippen molar-refractivity contribution < 1.29 is 9.53 Å². The minimum atomic E-state index is -0.0513. The Morgan fingerprint density at radius 1 is 1.09 bits per heavy atom. The second-order valence-corrected chi connectivity index (χ2v) is 9.19. The van der Waals surface area contributed by atoms with Gasteiger partial charge in [0.25, 0.3) is 5.91 Å². The fraction of sp³-hybridized carbons (Fsp3) is 0.333. The van der Waals surface area contributed by atoms with Crippen LogP contribution in [0, 0.1) is 20.8 Å². The van der Waals surface area contributed by atoms with Crippen LogP contribution in [0.5, 0.6) is 5.88 Å². The summed E-state index contributed by atoms with van der Waals surface area (Å²) in [6.07, 6.45) is 0.750. The van der Waals surface area contributed by atoms with Crippen molar-refractivity contribution >= 4 is 33.4 Å². The Balaban J connectivity index is 0.00000149. The Kier molecular flexibility index (Phi) is 8.55. The Labute approximate surface area is 210 Å². The molecule has 2 heterocycles. The van der Waals surface area contributed by atoms with Crippen molar-refractivity contribution in [2.45, 2.75) is 54.2 Å². The number of ether oxygens (including phenoxy) is 1. The molecular formula is C27H30BrClN2O2. The molecule has 174 valence electrons. The van der Waals surface area contributed by atoms with Crippen molar-refractivity contribution in [3.05, 3.63) is 91.0 Å². The lowest BCUT2D eigenvalue weighted by Crippen LogP contribution is -2.38. The number of benzene rings is 2. The van der Waals surface area contributed by atoms with Crippen LogP contribution in [0.1, 0.15) is 57.7 Å². The number of nitrogens with zero attached hydrogens (tertiary/aromatic N) is 2. The zero-order valence-corrected chi connectivity index (χ0v) is 22.2. The van der Waals surface area contributed by atoms with Gasteiger partial charge >= 0.3 is 0 Å². The van der Waals surface area contributed by atoms with Gasteiger partial charge in [-0.25, -0.2) is 4.98 Å². The second kappa shape index (κ2) is 11.2. The van der Waals surface area contributed by atoms with Gasteiger partial charge in [0.05, 0.1) is 17.1 Å². The molecule has 0 spiro atoms. The summed E-state index contributed by atoms with van der Waals surface area (Å²) in [6.45, 7) is 11.4. The minimum absolute atomic E-state index is 0.0513. The molecule has 1 amide bonds. The molecule has 0 aliphatic carbocycles. The van der Waals surface area contributed by atoms with E-state index in [1.165, 1.54) is 0 Å². The van der Waals surface area contributed by atoms with E-state index in [0.717, 1.165) is 44.4 Å². The molecule has 4 rings (SSSR count). The first-order valence-corrected chi connectivity index (χ1v) is 12.4. The topological polar surface area (TPSA) is 42.4 Å². The van der Waals surface area contributed by atoms with Gasteiger partial charge in [-0.3, -0.25) is 4.79 Å². The fourth-order valence-electron chi connectivity index (χ4n) is 3.97. The lowest BCUT2D eigenvalue weighted by molar-refractivity contribution is 0.0724. The molecule has 0 unspecified atom stereocenters. The van der Waals surface area contributed by atoms with E-state index in [0.29, 0.717) is 36.2 Å². The first-order valence-electron chi connectivity index (χ1n) is 11.3. The predicted octanol–water partition coefficient (Wildman–Crippen LogP) is 7.23. The van der Waals surface area contributed by atoms with Crippen LogP contribution in [-0.2, 0) is 19.6 Å². The molecule has 0 atom stereocenters. The highest BCUT2D eigenvalue weighted by molar-refractivity contribution is 9.10. The number of aromatic nitrogens is 1. The van der Waals surface area contributed by atoms with Gasteiger partial charge in [-0.2, -0.15) is 0 Å². The Bertz CT molecular complexity index is 1150. The molecule has 2 aromatic carbocycles. The molecule has 1 aliphatic rings. The maximum absolute atomic E-state index is 13.4. The second-order valence-electron chi connectivity index (χ2n) is 7.96. The van der Waals surface area contributed by atoms with Crippen LogP contribution in [-0.4, -0.2) is 22.3 Å². The number of amides is 1. The molecule has 0 radical (unpaired) electrons. The summed E-state index contributed by atoms with van der Waals surface area (Å²) in [7, 11) is 0. The first-order chi connectivity index (χ1) is 15.8. The van der Waals surface area contributed by atoms with Crippen molar-refractivity contribution in [1.82, 2.24) is 9.88 Å². The zero-order valence-electron chi connectivity index (χ0n) is 19.8. The number of hydrogen-bond acceptors (Lipinski definition) is 3. The highest BCUT2D eigenvalue weighted by Crippen LogP contribution is 2.35. The third kappa shape index (κ3) is 5.59. The maximum atomic E-state index is 13.4. The number of rotatable bonds is 5. The summed E-state index contributed by atoms with van der Waals surface area (Å²) in [6, 6.07) is 14.0. The van der Waals surface area contributed by atoms with Crippen LogP contribution in [0.25, 0.3) is 0 Å². The largest absolute Gasteiger partial charge is 0.473 e. The fourth-order valence-corrected chi connectivity index (χ4v) is 4.96. The number of carbonyl (C=O) groups excluding carboxylic acids is 1. The SMILES string of the molecule is CC.Cc1cc(C)c(CN2CCc3c(Br)cc(C)c(Cl)c3C2=O)c(OCc2ccccc2)n1. The Morgan fingerprint density at radius 2 is 1.79 bits per heavy atom. The maximum Gasteiger partial charge on any atom is 0.256 e. The van der Waals surface area contributed by atoms with E-state index in [4.69, 9.17) is 16.3 Å². The standard InChI is InChI=1S/C25H24BrClN2O2.C2H6/c1-15-11-17(3)28-24(31-14-18-7-5-4-6-8-18)20(15)13-29-10-9-19-21(26)12-16(2)23(27)22(19)25(29)30;1-2/h4-8,11-12H,9-10,13-14H2,1-3H3;1-2H3. The number of fused-ring (bicyclic) bond motifs is 1. The van der Waals surface area contributed by atoms with Gasteiger partial charge in [-0.15, -0.1) is 0 Å². The first kappa shape index (κ1) is 25.3. The number of hydrogen-bond donors (Lipinski definition) is 0. The van der Waals surface area contributed by atoms with Crippen LogP contribution in [0.15, 0.2) is 46.9 Å². The number of carbonyl (C=O) groups is 1. The Morgan fingerprint density at radius 3 is 2.48 bits per heavy atom. The zero-order chi connectivity index (χ0) is 24.1. The molecule has 1 aromatic heterocycles. The van der Waals surface area contributed by atoms with Gasteiger partial charge in [0.15, 0.2) is 0 Å². The highest BCUT2D eigenvalue weighted by Gasteiger charge is 2.30. The molecule has 0 saturated heterocycles. The van der Waals surface area contributed by atoms with Crippen LogP contribution < -0.4 is 4.74 Å². The number of aryl methyl sites for hydroxylation is 3. The van der Waals surface area contributed by atoms with Crippen molar-refractivity contribution in [2.75, 3.05) is 6.54 Å². The third-order valence-electron chi connectivity index (χ3n) is 5.64. The van der Waals surface area contributed by atoms with E-state index >= 15 is 0 Å². The van der Waals surface area contributed by atoms with Crippen molar-refractivity contribution in [2.24, 2.45) is 0 Å². The van der Waals surface area contributed by atoms with Gasteiger partial charge in [-0.05, 0) is 61.6 Å². The van der Waals surface area contributed by atoms with Crippen molar-refractivity contribution in [3.63, 3.8) is 0 Å². The quantitative estimate of drug-likeness (QED) is 0.350. The summed E-state index contributed by atoms with van der Waals surface area (Å²) in [5, 5.41) is 0.534. The number of pyridine rings is 1. The molecule has 3 aromatic rings. The van der Waals surface area contributed by atoms with Crippen LogP contribution in [0.2, 0.25) is 5.02 Å². The lowest BCUT2D eigenvalue weighted by Gasteiger charge is -2.31. The Hall–Kier alpha value is -2.37. The monoisotopic (exact) mass is 528 g/mol. The minimum Gasteiger partial charge on any atom is -0.473 e. The van der Waals surface area contributed by atoms with E-state index in [1.807, 2.05) is 82.0 Å². The van der Waals surface area contributed by atoms with E-state index in [1.54, 1.807) is 0 Å². The molecule has 1 aliphatic heterocycles. The summed E-state index contributed by atoms with van der Waals surface area (Å²) in [5.74, 6) is 0.529. The van der Waals surface area contributed by atoms with Crippen molar-refractivity contribution in [3.8, 4) is 5.88 Å². The van der Waals surface area contributed by atoms with E-state index in [2.05, 4.69) is 20.9 Å². The molecule has 0 bridgehead atoms. The molecule has 0 N–H and O–H groups in total. The summed E-state index contributed by atoms with van der Waals surface area (Å²) >= 11 is 10.1. The molecule has 33 heavy (non-hydrogen) atoms. The van der Waals surface area contributed by atoms with Gasteiger partial charge in [-0.1, -0.05) is 71.7 Å². The van der Waals surface area contributed by atoms with Gasteiger partial charge in [0.2, 0.25) is 5.88 Å². The molecule has 4 nitrogen and oxygen atoms in total. The summed E-state index contributed by atoms with van der Waals surface area (Å²) in [4.78, 5) is 19.9. The lowest BCUT2D eigenvalue weighted by atomic mass is 9.96. The smallest absolute Gasteiger partial charge is 0.256 e. The van der Waals surface area contributed by atoms with Gasteiger partial charge < -0.3 is 9.64 Å². The van der Waals surface area contributed by atoms with Crippen molar-refractivity contribution in [1.29, 1.82) is 0 Å². The van der Waals surface area contributed by atoms with Gasteiger partial charge in [0.1, 0.15) is 6.61 Å². The van der Waals surface area contributed by atoms with E-state index < -0.39 is 0 Å². The molecular weight excluding hydrogens is 500 g/mol. The molecule has 6 heteroatoms. The van der Waals surface area contributed by atoms with Crippen LogP contribution in [0.3, 0.4) is 0 Å². The predicted molar refractivity (Wildman–Crippen MR) is 138 cm³/mol. The van der Waals surface area contributed by atoms with Crippen LogP contribution in [0.4, 0.5) is 0 Å². The highest BCUT2D eigenvalue weighted by atomic mass is 79.9. The van der Waals surface area contributed by atoms with E-state index in [-0.39, 0.29) is 5.91 Å². The summed E-state index contributed by atoms with van der Waals surface area (Å²) < 4.78 is 7.05. The third-order valence-corrected chi connectivity index (χ3v) is 6.83. The van der Waals surface area contributed by atoms with E-state index in [9.17, 15) is 4.79 Å². The molecule has 0 saturated carbocycles. The van der Waals surface area contributed by atoms with Crippen LogP contribution >= 0.6 is 27.5 Å². The molecule has 0 fully saturated rings. The number of halogens is 2. The normalized spacial score (nSPS) is 12.7.